The highest BCUT2D eigenvalue weighted by atomic mass is 16.5. The zero-order valence-corrected chi connectivity index (χ0v) is 12.6. The van der Waals surface area contributed by atoms with Gasteiger partial charge in [0.1, 0.15) is 11.5 Å². The maximum absolute atomic E-state index is 5.93. The van der Waals surface area contributed by atoms with Crippen LogP contribution in [0, 0.1) is 13.8 Å². The molecule has 0 radical (unpaired) electrons. The normalized spacial score (nSPS) is 12.0. The third kappa shape index (κ3) is 3.53. The van der Waals surface area contributed by atoms with E-state index >= 15 is 0 Å². The Hall–Kier alpha value is -1.96. The summed E-state index contributed by atoms with van der Waals surface area (Å²) in [4.78, 5) is 0. The molecule has 0 saturated carbocycles. The first-order chi connectivity index (χ1) is 9.60. The Morgan fingerprint density at radius 1 is 1.00 bits per heavy atom. The van der Waals surface area contributed by atoms with Crippen LogP contribution in [0.2, 0.25) is 0 Å². The lowest BCUT2D eigenvalue weighted by Gasteiger charge is -2.15. The van der Waals surface area contributed by atoms with E-state index in [1.165, 1.54) is 16.7 Å². The maximum atomic E-state index is 5.93. The van der Waals surface area contributed by atoms with Crippen LogP contribution in [0.4, 0.5) is 0 Å². The van der Waals surface area contributed by atoms with E-state index in [0.29, 0.717) is 12.5 Å². The summed E-state index contributed by atoms with van der Waals surface area (Å²) in [5, 5.41) is 0. The fourth-order valence-electron chi connectivity index (χ4n) is 2.20. The van der Waals surface area contributed by atoms with Crippen molar-refractivity contribution in [3.05, 3.63) is 59.2 Å². The molecule has 0 aromatic heterocycles. The van der Waals surface area contributed by atoms with Gasteiger partial charge in [0.15, 0.2) is 0 Å². The van der Waals surface area contributed by atoms with E-state index in [-0.39, 0.29) is 0 Å². The lowest BCUT2D eigenvalue weighted by Crippen LogP contribution is -2.07. The molecule has 2 nitrogen and oxygen atoms in total. The fourth-order valence-corrected chi connectivity index (χ4v) is 2.20. The van der Waals surface area contributed by atoms with Gasteiger partial charge in [-0.05, 0) is 43.2 Å². The number of hydrogen-bond donors (Lipinski definition) is 0. The zero-order chi connectivity index (χ0) is 14.5. The Morgan fingerprint density at radius 2 is 1.70 bits per heavy atom. The van der Waals surface area contributed by atoms with Gasteiger partial charge in [0, 0.05) is 5.92 Å². The average Bonchev–Trinajstić information content (AvgIpc) is 2.46. The summed E-state index contributed by atoms with van der Waals surface area (Å²) >= 11 is 0. The van der Waals surface area contributed by atoms with Crippen molar-refractivity contribution >= 4 is 0 Å². The molecular formula is C18H22O2. The highest BCUT2D eigenvalue weighted by Gasteiger charge is 2.08. The molecule has 1 atom stereocenters. The number of rotatable bonds is 5. The highest BCUT2D eigenvalue weighted by Crippen LogP contribution is 2.23. The Kier molecular flexibility index (Phi) is 4.67. The van der Waals surface area contributed by atoms with Crippen molar-refractivity contribution in [2.24, 2.45) is 0 Å². The first-order valence-corrected chi connectivity index (χ1v) is 6.94. The summed E-state index contributed by atoms with van der Waals surface area (Å²) in [6.07, 6.45) is 0. The second kappa shape index (κ2) is 6.47. The van der Waals surface area contributed by atoms with Crippen LogP contribution in [0.5, 0.6) is 11.5 Å². The van der Waals surface area contributed by atoms with Crippen LogP contribution in [0.15, 0.2) is 42.5 Å². The van der Waals surface area contributed by atoms with Gasteiger partial charge >= 0.3 is 0 Å². The van der Waals surface area contributed by atoms with E-state index in [4.69, 9.17) is 9.47 Å². The Balaban J connectivity index is 1.98. The Bertz CT molecular complexity index is 558. The summed E-state index contributed by atoms with van der Waals surface area (Å²) < 4.78 is 11.1. The van der Waals surface area contributed by atoms with Crippen LogP contribution in [0.25, 0.3) is 0 Å². The largest absolute Gasteiger partial charge is 0.497 e. The molecule has 0 heterocycles. The first kappa shape index (κ1) is 14.4. The smallest absolute Gasteiger partial charge is 0.122 e. The summed E-state index contributed by atoms with van der Waals surface area (Å²) in [7, 11) is 1.68. The minimum Gasteiger partial charge on any atom is -0.497 e. The van der Waals surface area contributed by atoms with Gasteiger partial charge < -0.3 is 9.47 Å². The quantitative estimate of drug-likeness (QED) is 0.796. The standard InChI is InChI=1S/C18H22O2/c1-13-5-10-18(14(2)11-13)20-12-15(3)16-6-8-17(19-4)9-7-16/h5-11,15H,12H2,1-4H3. The molecule has 106 valence electrons. The SMILES string of the molecule is COc1ccc(C(C)COc2ccc(C)cc2C)cc1. The van der Waals surface area contributed by atoms with Crippen LogP contribution in [-0.2, 0) is 0 Å². The van der Waals surface area contributed by atoms with E-state index in [9.17, 15) is 0 Å². The van der Waals surface area contributed by atoms with Gasteiger partial charge in [0.2, 0.25) is 0 Å². The molecule has 0 aliphatic rings. The van der Waals surface area contributed by atoms with Crippen molar-refractivity contribution < 1.29 is 9.47 Å². The topological polar surface area (TPSA) is 18.5 Å². The molecule has 0 bridgehead atoms. The Morgan fingerprint density at radius 3 is 2.30 bits per heavy atom. The predicted molar refractivity (Wildman–Crippen MR) is 82.8 cm³/mol. The van der Waals surface area contributed by atoms with Gasteiger partial charge in [-0.3, -0.25) is 0 Å². The van der Waals surface area contributed by atoms with Crippen molar-refractivity contribution in [3.8, 4) is 11.5 Å². The molecule has 0 spiro atoms. The maximum Gasteiger partial charge on any atom is 0.122 e. The Labute approximate surface area is 121 Å². The lowest BCUT2D eigenvalue weighted by atomic mass is 10.0. The molecular weight excluding hydrogens is 248 g/mol. The lowest BCUT2D eigenvalue weighted by molar-refractivity contribution is 0.294. The van der Waals surface area contributed by atoms with Crippen LogP contribution in [0.3, 0.4) is 0 Å². The highest BCUT2D eigenvalue weighted by molar-refractivity contribution is 5.36. The third-order valence-corrected chi connectivity index (χ3v) is 3.50. The molecule has 1 unspecified atom stereocenters. The van der Waals surface area contributed by atoms with Gasteiger partial charge in [-0.1, -0.05) is 36.8 Å². The van der Waals surface area contributed by atoms with Crippen molar-refractivity contribution in [2.45, 2.75) is 26.7 Å². The third-order valence-electron chi connectivity index (χ3n) is 3.50. The second-order valence-electron chi connectivity index (χ2n) is 5.25. The molecule has 0 amide bonds. The fraction of sp³-hybridized carbons (Fsp3) is 0.333. The predicted octanol–water partition coefficient (Wildman–Crippen LogP) is 4.49. The van der Waals surface area contributed by atoms with Crippen molar-refractivity contribution in [3.63, 3.8) is 0 Å². The first-order valence-electron chi connectivity index (χ1n) is 6.94. The van der Waals surface area contributed by atoms with E-state index in [1.807, 2.05) is 18.2 Å². The number of aryl methyl sites for hydroxylation is 2. The van der Waals surface area contributed by atoms with E-state index < -0.39 is 0 Å². The average molecular weight is 270 g/mol. The molecule has 0 aliphatic heterocycles. The van der Waals surface area contributed by atoms with Gasteiger partial charge in [-0.15, -0.1) is 0 Å². The number of ether oxygens (including phenoxy) is 2. The van der Waals surface area contributed by atoms with Crippen LogP contribution in [0.1, 0.15) is 29.5 Å². The van der Waals surface area contributed by atoms with E-state index in [1.54, 1.807) is 7.11 Å². The van der Waals surface area contributed by atoms with Crippen LogP contribution < -0.4 is 9.47 Å². The summed E-state index contributed by atoms with van der Waals surface area (Å²) in [6.45, 7) is 7.03. The molecule has 0 N–H and O–H groups in total. The van der Waals surface area contributed by atoms with Crippen LogP contribution >= 0.6 is 0 Å². The van der Waals surface area contributed by atoms with E-state index in [2.05, 4.69) is 45.0 Å². The van der Waals surface area contributed by atoms with Crippen LogP contribution in [-0.4, -0.2) is 13.7 Å². The molecule has 2 aromatic carbocycles. The molecule has 0 saturated heterocycles. The van der Waals surface area contributed by atoms with Gasteiger partial charge in [0.05, 0.1) is 13.7 Å². The zero-order valence-electron chi connectivity index (χ0n) is 12.6. The molecule has 2 aromatic rings. The van der Waals surface area contributed by atoms with Crippen molar-refractivity contribution in [1.29, 1.82) is 0 Å². The molecule has 0 fully saturated rings. The number of benzene rings is 2. The van der Waals surface area contributed by atoms with Gasteiger partial charge in [-0.2, -0.15) is 0 Å². The molecule has 2 heteroatoms. The van der Waals surface area contributed by atoms with Gasteiger partial charge in [-0.25, -0.2) is 0 Å². The van der Waals surface area contributed by atoms with Crippen molar-refractivity contribution in [1.82, 2.24) is 0 Å². The number of methoxy groups -OCH3 is 1. The summed E-state index contributed by atoms with van der Waals surface area (Å²) in [5.74, 6) is 2.20. The minimum absolute atomic E-state index is 0.349. The monoisotopic (exact) mass is 270 g/mol. The van der Waals surface area contributed by atoms with E-state index in [0.717, 1.165) is 11.5 Å². The summed E-state index contributed by atoms with van der Waals surface area (Å²) in [6, 6.07) is 14.4. The molecule has 0 aliphatic carbocycles. The van der Waals surface area contributed by atoms with Gasteiger partial charge in [0.25, 0.3) is 0 Å². The molecule has 20 heavy (non-hydrogen) atoms. The minimum atomic E-state index is 0.349. The molecule has 2 rings (SSSR count). The summed E-state index contributed by atoms with van der Waals surface area (Å²) in [5.41, 5.74) is 3.71. The van der Waals surface area contributed by atoms with Crippen molar-refractivity contribution in [2.75, 3.05) is 13.7 Å². The number of hydrogen-bond acceptors (Lipinski definition) is 2. The second-order valence-corrected chi connectivity index (χ2v) is 5.25.